The Labute approximate surface area is 176 Å². The van der Waals surface area contributed by atoms with Crippen molar-refractivity contribution in [3.63, 3.8) is 0 Å². The van der Waals surface area contributed by atoms with Gasteiger partial charge in [0.05, 0.1) is 18.6 Å². The van der Waals surface area contributed by atoms with Crippen LogP contribution < -0.4 is 0 Å². The second kappa shape index (κ2) is 9.45. The van der Waals surface area contributed by atoms with Crippen molar-refractivity contribution in [3.05, 3.63) is 60.5 Å². The molecule has 2 aromatic rings. The number of aliphatic hydroxyl groups excluding tert-OH is 1. The van der Waals surface area contributed by atoms with Gasteiger partial charge in [-0.1, -0.05) is 0 Å². The van der Waals surface area contributed by atoms with Gasteiger partial charge in [0.25, 0.3) is 0 Å². The number of hydrogen-bond acceptors (Lipinski definition) is 9. The molecule has 31 heavy (non-hydrogen) atoms. The summed E-state index contributed by atoms with van der Waals surface area (Å²) in [4.78, 5) is 35.8. The number of carbonyl (C=O) groups is 3. The molecular weight excluding hydrogens is 412 g/mol. The lowest BCUT2D eigenvalue weighted by Crippen LogP contribution is -2.58. The van der Waals surface area contributed by atoms with E-state index in [2.05, 4.69) is 0 Å². The molecule has 0 bridgehead atoms. The summed E-state index contributed by atoms with van der Waals surface area (Å²) >= 11 is 0. The van der Waals surface area contributed by atoms with Crippen LogP contribution in [0.3, 0.4) is 0 Å². The van der Waals surface area contributed by atoms with Gasteiger partial charge < -0.3 is 33.6 Å². The molecule has 0 radical (unpaired) electrons. The molecule has 1 fully saturated rings. The van der Waals surface area contributed by atoms with Crippen molar-refractivity contribution in [2.75, 3.05) is 0 Å². The molecule has 1 aliphatic rings. The van der Waals surface area contributed by atoms with E-state index in [9.17, 15) is 29.7 Å². The Hall–Kier alpha value is -3.63. The van der Waals surface area contributed by atoms with Gasteiger partial charge in [0, 0.05) is 25.0 Å². The Morgan fingerprint density at radius 2 is 1.52 bits per heavy atom. The Morgan fingerprint density at radius 3 is 2.00 bits per heavy atom. The monoisotopic (exact) mass is 432 g/mol. The molecule has 10 nitrogen and oxygen atoms in total. The van der Waals surface area contributed by atoms with Crippen LogP contribution in [0.5, 0.6) is 0 Å². The molecule has 0 amide bonds. The molecule has 3 N–H and O–H groups in total. The summed E-state index contributed by atoms with van der Waals surface area (Å²) in [5, 5.41) is 30.0. The normalized spacial score (nSPS) is 26.2. The summed E-state index contributed by atoms with van der Waals surface area (Å²) < 4.78 is 20.5. The first-order valence-corrected chi connectivity index (χ1v) is 9.25. The van der Waals surface area contributed by atoms with Crippen molar-refractivity contribution in [2.45, 2.75) is 36.8 Å². The first-order valence-electron chi connectivity index (χ1n) is 9.25. The number of carbonyl (C=O) groups excluding carboxylic acids is 2. The van der Waals surface area contributed by atoms with Crippen molar-refractivity contribution in [2.24, 2.45) is 0 Å². The van der Waals surface area contributed by atoms with E-state index in [-0.39, 0.29) is 0 Å². The van der Waals surface area contributed by atoms with E-state index >= 15 is 0 Å². The predicted molar refractivity (Wildman–Crippen MR) is 103 cm³/mol. The third-order valence-corrected chi connectivity index (χ3v) is 4.60. The van der Waals surface area contributed by atoms with Gasteiger partial charge in [0.1, 0.15) is 17.6 Å². The number of aliphatic carboxylic acids is 1. The molecule has 0 spiro atoms. The van der Waals surface area contributed by atoms with E-state index < -0.39 is 54.7 Å². The molecule has 0 aliphatic heterocycles. The molecule has 3 rings (SSSR count). The molecular formula is C21H20O10. The highest BCUT2D eigenvalue weighted by Crippen LogP contribution is 2.33. The topological polar surface area (TPSA) is 157 Å². The molecule has 10 heteroatoms. The van der Waals surface area contributed by atoms with Crippen molar-refractivity contribution in [1.82, 2.24) is 0 Å². The Balaban J connectivity index is 1.73. The van der Waals surface area contributed by atoms with E-state index in [1.165, 1.54) is 24.7 Å². The smallest absolute Gasteiger partial charge is 0.335 e. The average molecular weight is 432 g/mol. The van der Waals surface area contributed by atoms with E-state index in [1.54, 1.807) is 24.3 Å². The van der Waals surface area contributed by atoms with Crippen LogP contribution in [-0.4, -0.2) is 57.1 Å². The summed E-state index contributed by atoms with van der Waals surface area (Å²) in [6.07, 6.45) is 1.93. The number of hydrogen-bond donors (Lipinski definition) is 3. The van der Waals surface area contributed by atoms with Gasteiger partial charge in [-0.3, -0.25) is 0 Å². The fraction of sp³-hybridized carbons (Fsp3) is 0.286. The number of esters is 2. The molecule has 1 aliphatic carbocycles. The zero-order chi connectivity index (χ0) is 22.4. The van der Waals surface area contributed by atoms with Crippen LogP contribution in [0.15, 0.2) is 57.8 Å². The summed E-state index contributed by atoms with van der Waals surface area (Å²) in [6.45, 7) is 0. The minimum absolute atomic E-state index is 0.369. The van der Waals surface area contributed by atoms with Crippen molar-refractivity contribution >= 4 is 30.1 Å². The average Bonchev–Trinajstić information content (AvgIpc) is 3.41. The van der Waals surface area contributed by atoms with E-state index in [0.717, 1.165) is 12.2 Å². The predicted octanol–water partition coefficient (Wildman–Crippen LogP) is 1.39. The van der Waals surface area contributed by atoms with Gasteiger partial charge in [0.15, 0.2) is 11.7 Å². The van der Waals surface area contributed by atoms with E-state index in [1.807, 2.05) is 0 Å². The maximum atomic E-state index is 12.2. The molecule has 2 aromatic heterocycles. The lowest BCUT2D eigenvalue weighted by atomic mass is 9.79. The Morgan fingerprint density at radius 1 is 0.968 bits per heavy atom. The fourth-order valence-electron chi connectivity index (χ4n) is 3.11. The van der Waals surface area contributed by atoms with Crippen LogP contribution in [0, 0.1) is 0 Å². The van der Waals surface area contributed by atoms with Gasteiger partial charge in [0.2, 0.25) is 0 Å². The third kappa shape index (κ3) is 5.71. The Kier molecular flexibility index (Phi) is 6.73. The highest BCUT2D eigenvalue weighted by atomic mass is 16.6. The van der Waals surface area contributed by atoms with Gasteiger partial charge in [-0.25, -0.2) is 14.4 Å². The van der Waals surface area contributed by atoms with Gasteiger partial charge >= 0.3 is 17.9 Å². The number of carboxylic acid groups (broad SMARTS) is 1. The Bertz CT molecular complexity index is 956. The van der Waals surface area contributed by atoms with E-state index in [0.29, 0.717) is 11.5 Å². The summed E-state index contributed by atoms with van der Waals surface area (Å²) in [7, 11) is 0. The molecule has 2 heterocycles. The second-order valence-corrected chi connectivity index (χ2v) is 6.89. The molecule has 0 unspecified atom stereocenters. The quantitative estimate of drug-likeness (QED) is 0.431. The van der Waals surface area contributed by atoms with E-state index in [4.69, 9.17) is 18.3 Å². The molecule has 0 saturated heterocycles. The number of ether oxygens (including phenoxy) is 2. The number of rotatable bonds is 7. The van der Waals surface area contributed by atoms with Crippen LogP contribution in [0.4, 0.5) is 0 Å². The van der Waals surface area contributed by atoms with Crippen molar-refractivity contribution in [3.8, 4) is 0 Å². The summed E-state index contributed by atoms with van der Waals surface area (Å²) in [5.41, 5.74) is -2.36. The lowest BCUT2D eigenvalue weighted by molar-refractivity contribution is -0.204. The maximum Gasteiger partial charge on any atom is 0.335 e. The molecule has 0 aromatic carbocycles. The summed E-state index contributed by atoms with van der Waals surface area (Å²) in [5.74, 6) is -2.63. The van der Waals surface area contributed by atoms with Crippen LogP contribution in [0.25, 0.3) is 12.2 Å². The minimum Gasteiger partial charge on any atom is -0.479 e. The summed E-state index contributed by atoms with van der Waals surface area (Å²) in [6, 6.07) is 6.42. The highest BCUT2D eigenvalue weighted by molar-refractivity contribution is 5.88. The number of furan rings is 2. The maximum absolute atomic E-state index is 12.2. The minimum atomic E-state index is -2.36. The molecule has 164 valence electrons. The van der Waals surface area contributed by atoms with Gasteiger partial charge in [-0.15, -0.1) is 0 Å². The van der Waals surface area contributed by atoms with Gasteiger partial charge in [-0.2, -0.15) is 0 Å². The number of carboxylic acids is 1. The first-order chi connectivity index (χ1) is 14.8. The first kappa shape index (κ1) is 22.1. The lowest BCUT2D eigenvalue weighted by Gasteiger charge is -2.40. The van der Waals surface area contributed by atoms with Crippen molar-refractivity contribution < 1.29 is 48.0 Å². The number of aliphatic hydroxyl groups is 2. The zero-order valence-corrected chi connectivity index (χ0v) is 16.1. The zero-order valence-electron chi connectivity index (χ0n) is 16.1. The molecule has 4 atom stereocenters. The highest BCUT2D eigenvalue weighted by Gasteiger charge is 2.52. The van der Waals surface area contributed by atoms with Crippen molar-refractivity contribution in [1.29, 1.82) is 0 Å². The second-order valence-electron chi connectivity index (χ2n) is 6.89. The molecule has 1 saturated carbocycles. The SMILES string of the molecule is O=C(/C=C/c1ccco1)O[C@H]1[C@H](O)C[C@](O)(C(=O)O)C[C@H]1OC(=O)/C=C/c1ccco1. The van der Waals surface area contributed by atoms with Crippen LogP contribution in [0.2, 0.25) is 0 Å². The van der Waals surface area contributed by atoms with Gasteiger partial charge in [-0.05, 0) is 36.4 Å². The largest absolute Gasteiger partial charge is 0.479 e. The van der Waals surface area contributed by atoms with Crippen LogP contribution in [0.1, 0.15) is 24.4 Å². The third-order valence-electron chi connectivity index (χ3n) is 4.60. The van der Waals surface area contributed by atoms with Crippen LogP contribution >= 0.6 is 0 Å². The fourth-order valence-corrected chi connectivity index (χ4v) is 3.11. The van der Waals surface area contributed by atoms with Crippen LogP contribution in [-0.2, 0) is 23.9 Å². The standard InChI is InChI=1S/C21H20O10/c22-15-11-21(27,20(25)26)12-16(30-17(23)7-5-13-3-1-9-28-13)19(15)31-18(24)8-6-14-4-2-10-29-14/h1-10,15-16,19,22,27H,11-12H2,(H,25,26)/b7-5+,8-6+/t15-,16-,19+,21-/m1/s1.